The van der Waals surface area contributed by atoms with E-state index < -0.39 is 18.0 Å². The number of carbonyl (C=O) groups excluding carboxylic acids is 2. The Bertz CT molecular complexity index is 347. The third-order valence-electron chi connectivity index (χ3n) is 2.81. The molecular formula is C11H19N3O5. The van der Waals surface area contributed by atoms with Gasteiger partial charge in [0.2, 0.25) is 5.91 Å². The summed E-state index contributed by atoms with van der Waals surface area (Å²) in [5.41, 5.74) is 0. The van der Waals surface area contributed by atoms with Gasteiger partial charge in [-0.25, -0.2) is 9.59 Å². The molecule has 0 saturated carbocycles. The summed E-state index contributed by atoms with van der Waals surface area (Å²) in [6.45, 7) is 1.28. The predicted octanol–water partition coefficient (Wildman–Crippen LogP) is -0.992. The number of methoxy groups -OCH3 is 1. The molecule has 1 aliphatic heterocycles. The first-order valence-corrected chi connectivity index (χ1v) is 6.08. The summed E-state index contributed by atoms with van der Waals surface area (Å²) < 4.78 is 4.80. The Morgan fingerprint density at radius 1 is 1.53 bits per heavy atom. The van der Waals surface area contributed by atoms with Crippen molar-refractivity contribution < 1.29 is 24.2 Å². The van der Waals surface area contributed by atoms with E-state index in [-0.39, 0.29) is 31.9 Å². The molecule has 3 amide bonds. The maximum atomic E-state index is 11.9. The molecule has 0 spiro atoms. The van der Waals surface area contributed by atoms with E-state index in [4.69, 9.17) is 9.84 Å². The summed E-state index contributed by atoms with van der Waals surface area (Å²) in [5, 5.41) is 14.1. The van der Waals surface area contributed by atoms with Crippen LogP contribution in [-0.4, -0.2) is 67.3 Å². The highest BCUT2D eigenvalue weighted by atomic mass is 16.5. The van der Waals surface area contributed by atoms with E-state index in [1.165, 1.54) is 12.0 Å². The summed E-state index contributed by atoms with van der Waals surface area (Å²) in [7, 11) is 1.47. The zero-order valence-electron chi connectivity index (χ0n) is 10.8. The van der Waals surface area contributed by atoms with Gasteiger partial charge in [0.1, 0.15) is 6.04 Å². The van der Waals surface area contributed by atoms with Crippen molar-refractivity contribution in [3.05, 3.63) is 0 Å². The summed E-state index contributed by atoms with van der Waals surface area (Å²) in [4.78, 5) is 35.5. The highest BCUT2D eigenvalue weighted by Gasteiger charge is 2.24. The van der Waals surface area contributed by atoms with Crippen LogP contribution in [0.15, 0.2) is 0 Å². The van der Waals surface area contributed by atoms with Gasteiger partial charge in [0.25, 0.3) is 0 Å². The van der Waals surface area contributed by atoms with Crippen LogP contribution in [0.2, 0.25) is 0 Å². The fraction of sp³-hybridized carbons (Fsp3) is 0.727. The predicted molar refractivity (Wildman–Crippen MR) is 65.6 cm³/mol. The Kier molecular flexibility index (Phi) is 6.07. The van der Waals surface area contributed by atoms with Gasteiger partial charge in [-0.05, 0) is 0 Å². The average Bonchev–Trinajstić information content (AvgIpc) is 2.58. The number of aliphatic carboxylic acids is 1. The lowest BCUT2D eigenvalue weighted by molar-refractivity contribution is -0.139. The first-order valence-electron chi connectivity index (χ1n) is 6.08. The van der Waals surface area contributed by atoms with Gasteiger partial charge >= 0.3 is 12.0 Å². The summed E-state index contributed by atoms with van der Waals surface area (Å²) in [5.74, 6) is -1.21. The molecule has 1 atom stereocenters. The maximum Gasteiger partial charge on any atom is 0.326 e. The van der Waals surface area contributed by atoms with Gasteiger partial charge in [-0.2, -0.15) is 0 Å². The van der Waals surface area contributed by atoms with Crippen LogP contribution in [0.4, 0.5) is 4.79 Å². The second-order valence-electron chi connectivity index (χ2n) is 4.21. The SMILES string of the molecule is COCCC(NC(=O)N1CCNC(=O)CC1)C(=O)O. The van der Waals surface area contributed by atoms with Gasteiger partial charge in [-0.1, -0.05) is 0 Å². The minimum absolute atomic E-state index is 0.107. The first-order chi connectivity index (χ1) is 9.04. The monoisotopic (exact) mass is 273 g/mol. The van der Waals surface area contributed by atoms with E-state index in [2.05, 4.69) is 10.6 Å². The third kappa shape index (κ3) is 5.12. The molecule has 1 rings (SSSR count). The molecule has 1 fully saturated rings. The van der Waals surface area contributed by atoms with Gasteiger partial charge in [-0.3, -0.25) is 4.79 Å². The largest absolute Gasteiger partial charge is 0.480 e. The van der Waals surface area contributed by atoms with Crippen LogP contribution in [0.1, 0.15) is 12.8 Å². The highest BCUT2D eigenvalue weighted by Crippen LogP contribution is 2.00. The third-order valence-corrected chi connectivity index (χ3v) is 2.81. The van der Waals surface area contributed by atoms with E-state index in [0.717, 1.165) is 0 Å². The van der Waals surface area contributed by atoms with E-state index in [1.54, 1.807) is 0 Å². The zero-order chi connectivity index (χ0) is 14.3. The minimum Gasteiger partial charge on any atom is -0.480 e. The van der Waals surface area contributed by atoms with Crippen LogP contribution in [0, 0.1) is 0 Å². The molecule has 8 nitrogen and oxygen atoms in total. The lowest BCUT2D eigenvalue weighted by atomic mass is 10.2. The number of nitrogens with zero attached hydrogens (tertiary/aromatic N) is 1. The Hall–Kier alpha value is -1.83. The summed E-state index contributed by atoms with van der Waals surface area (Å²) >= 11 is 0. The Morgan fingerprint density at radius 3 is 2.89 bits per heavy atom. The molecule has 0 aromatic heterocycles. The van der Waals surface area contributed by atoms with Crippen molar-refractivity contribution in [2.24, 2.45) is 0 Å². The fourth-order valence-electron chi connectivity index (χ4n) is 1.70. The number of carboxylic acid groups (broad SMARTS) is 1. The molecule has 108 valence electrons. The molecule has 0 bridgehead atoms. The zero-order valence-corrected chi connectivity index (χ0v) is 10.8. The summed E-state index contributed by atoms with van der Waals surface area (Å²) in [6.07, 6.45) is 0.422. The Balaban J connectivity index is 2.50. The normalized spacial score (nSPS) is 17.3. The van der Waals surface area contributed by atoms with E-state index in [1.807, 2.05) is 0 Å². The second-order valence-corrected chi connectivity index (χ2v) is 4.21. The van der Waals surface area contributed by atoms with Crippen molar-refractivity contribution in [1.82, 2.24) is 15.5 Å². The number of amides is 3. The van der Waals surface area contributed by atoms with Crippen molar-refractivity contribution in [3.63, 3.8) is 0 Å². The Morgan fingerprint density at radius 2 is 2.26 bits per heavy atom. The molecule has 19 heavy (non-hydrogen) atoms. The topological polar surface area (TPSA) is 108 Å². The first kappa shape index (κ1) is 15.2. The molecule has 3 N–H and O–H groups in total. The van der Waals surface area contributed by atoms with Crippen LogP contribution < -0.4 is 10.6 Å². The van der Waals surface area contributed by atoms with Crippen LogP contribution in [0.5, 0.6) is 0 Å². The molecule has 1 unspecified atom stereocenters. The van der Waals surface area contributed by atoms with E-state index >= 15 is 0 Å². The molecule has 1 heterocycles. The molecule has 0 aromatic carbocycles. The molecule has 0 aromatic rings. The lowest BCUT2D eigenvalue weighted by Crippen LogP contribution is -2.49. The maximum absolute atomic E-state index is 11.9. The van der Waals surface area contributed by atoms with Gasteiger partial charge in [0.05, 0.1) is 0 Å². The smallest absolute Gasteiger partial charge is 0.326 e. The van der Waals surface area contributed by atoms with Crippen LogP contribution in [-0.2, 0) is 14.3 Å². The highest BCUT2D eigenvalue weighted by molar-refractivity contribution is 5.83. The number of nitrogens with one attached hydrogen (secondary N) is 2. The summed E-state index contributed by atoms with van der Waals surface area (Å²) in [6, 6.07) is -1.46. The number of hydrogen-bond acceptors (Lipinski definition) is 4. The fourth-order valence-corrected chi connectivity index (χ4v) is 1.70. The van der Waals surface area contributed by atoms with Crippen molar-refractivity contribution in [2.75, 3.05) is 33.4 Å². The lowest BCUT2D eigenvalue weighted by Gasteiger charge is -2.23. The number of carbonyl (C=O) groups is 3. The van der Waals surface area contributed by atoms with Gasteiger partial charge in [0, 0.05) is 46.2 Å². The van der Waals surface area contributed by atoms with Crippen LogP contribution in [0.3, 0.4) is 0 Å². The van der Waals surface area contributed by atoms with Crippen molar-refractivity contribution in [2.45, 2.75) is 18.9 Å². The number of carboxylic acids is 1. The van der Waals surface area contributed by atoms with Crippen LogP contribution >= 0.6 is 0 Å². The number of ether oxygens (including phenoxy) is 1. The quantitative estimate of drug-likeness (QED) is 0.596. The number of rotatable bonds is 5. The number of urea groups is 1. The number of hydrogen-bond donors (Lipinski definition) is 3. The minimum atomic E-state index is -1.10. The Labute approximate surface area is 111 Å². The van der Waals surface area contributed by atoms with Crippen molar-refractivity contribution >= 4 is 17.9 Å². The second kappa shape index (κ2) is 7.57. The van der Waals surface area contributed by atoms with Crippen molar-refractivity contribution in [3.8, 4) is 0 Å². The molecule has 0 aliphatic carbocycles. The molecule has 1 saturated heterocycles. The van der Waals surface area contributed by atoms with Gasteiger partial charge in [0.15, 0.2) is 0 Å². The molecule has 0 radical (unpaired) electrons. The van der Waals surface area contributed by atoms with E-state index in [9.17, 15) is 14.4 Å². The van der Waals surface area contributed by atoms with E-state index in [0.29, 0.717) is 13.1 Å². The molecule has 8 heteroatoms. The van der Waals surface area contributed by atoms with Gasteiger partial charge in [-0.15, -0.1) is 0 Å². The van der Waals surface area contributed by atoms with Crippen LogP contribution in [0.25, 0.3) is 0 Å². The average molecular weight is 273 g/mol. The molecule has 1 aliphatic rings. The van der Waals surface area contributed by atoms with Gasteiger partial charge < -0.3 is 25.4 Å². The molecular weight excluding hydrogens is 254 g/mol. The van der Waals surface area contributed by atoms with Crippen molar-refractivity contribution in [1.29, 1.82) is 0 Å². The standard InChI is InChI=1S/C11H19N3O5/c1-19-7-3-8(10(16)17)13-11(18)14-5-2-9(15)12-4-6-14/h8H,2-7H2,1H3,(H,12,15)(H,13,18)(H,16,17).